The molecular formula is C58H38F6N4. The lowest BCUT2D eigenvalue weighted by atomic mass is 10.0. The van der Waals surface area contributed by atoms with Crippen LogP contribution in [0.25, 0.3) is 83.7 Å². The smallest absolute Gasteiger partial charge is 0.310 e. The highest BCUT2D eigenvalue weighted by Crippen LogP contribution is 2.43. The molecular weight excluding hydrogens is 867 g/mol. The second kappa shape index (κ2) is 15.4. The third-order valence-electron chi connectivity index (χ3n) is 13.3. The van der Waals surface area contributed by atoms with Crippen LogP contribution in [0.3, 0.4) is 0 Å². The van der Waals surface area contributed by atoms with Gasteiger partial charge in [0.25, 0.3) is 0 Å². The van der Waals surface area contributed by atoms with Gasteiger partial charge < -0.3 is 18.6 Å². The lowest BCUT2D eigenvalue weighted by Gasteiger charge is -2.26. The second-order valence-electron chi connectivity index (χ2n) is 17.2. The summed E-state index contributed by atoms with van der Waals surface area (Å²) in [6, 6.07) is 54.0. The van der Waals surface area contributed by atoms with E-state index in [1.807, 2.05) is 42.5 Å². The van der Waals surface area contributed by atoms with E-state index in [1.54, 1.807) is 4.57 Å². The van der Waals surface area contributed by atoms with Gasteiger partial charge in [0.15, 0.2) is 0 Å². The van der Waals surface area contributed by atoms with Gasteiger partial charge in [0.05, 0.1) is 38.7 Å². The molecule has 0 bridgehead atoms. The lowest BCUT2D eigenvalue weighted by molar-refractivity contribution is -0.138. The molecule has 3 heterocycles. The summed E-state index contributed by atoms with van der Waals surface area (Å²) in [6.07, 6.45) is -1.12. The van der Waals surface area contributed by atoms with Crippen molar-refractivity contribution in [2.45, 2.75) is 25.2 Å². The predicted octanol–water partition coefficient (Wildman–Crippen LogP) is 16.9. The van der Waals surface area contributed by atoms with Crippen molar-refractivity contribution >= 4 is 83.7 Å². The van der Waals surface area contributed by atoms with Crippen LogP contribution in [0.1, 0.15) is 34.4 Å². The van der Waals surface area contributed by atoms with Crippen LogP contribution in [-0.2, 0) is 18.8 Å². The Morgan fingerprint density at radius 3 is 1.37 bits per heavy atom. The predicted molar refractivity (Wildman–Crippen MR) is 264 cm³/mol. The Morgan fingerprint density at radius 2 is 0.868 bits per heavy atom. The van der Waals surface area contributed by atoms with Crippen LogP contribution < -0.4 is 4.90 Å². The topological polar surface area (TPSA) is 18.0 Å². The van der Waals surface area contributed by atoms with E-state index in [0.717, 1.165) is 98.4 Å². The molecule has 0 saturated carbocycles. The third kappa shape index (κ3) is 6.61. The number of fused-ring (bicyclic) bond motifs is 9. The van der Waals surface area contributed by atoms with E-state index in [1.165, 1.54) is 28.8 Å². The normalized spacial score (nSPS) is 13.0. The number of anilines is 3. The molecule has 0 spiro atoms. The molecule has 0 unspecified atom stereocenters. The van der Waals surface area contributed by atoms with Crippen molar-refractivity contribution in [3.63, 3.8) is 0 Å². The first kappa shape index (κ1) is 41.2. The summed E-state index contributed by atoms with van der Waals surface area (Å²) < 4.78 is 90.2. The lowest BCUT2D eigenvalue weighted by Crippen LogP contribution is -2.11. The van der Waals surface area contributed by atoms with Crippen molar-refractivity contribution in [1.82, 2.24) is 13.7 Å². The Kier molecular flexibility index (Phi) is 9.34. The van der Waals surface area contributed by atoms with E-state index >= 15 is 0 Å². The number of allylic oxidation sites excluding steroid dienone is 1. The quantitative estimate of drug-likeness (QED) is 0.146. The summed E-state index contributed by atoms with van der Waals surface area (Å²) in [7, 11) is 0. The van der Waals surface area contributed by atoms with Gasteiger partial charge in [-0.15, -0.1) is 0 Å². The number of hydrogen-bond donors (Lipinski definition) is 0. The van der Waals surface area contributed by atoms with Gasteiger partial charge in [-0.05, 0) is 164 Å². The molecule has 11 aromatic rings. The minimum Gasteiger partial charge on any atom is -0.310 e. The van der Waals surface area contributed by atoms with Crippen molar-refractivity contribution in [2.24, 2.45) is 0 Å². The van der Waals surface area contributed by atoms with E-state index < -0.39 is 23.5 Å². The Bertz CT molecular complexity index is 3760. The van der Waals surface area contributed by atoms with Crippen LogP contribution in [0.15, 0.2) is 189 Å². The van der Waals surface area contributed by atoms with Crippen molar-refractivity contribution in [1.29, 1.82) is 0 Å². The summed E-state index contributed by atoms with van der Waals surface area (Å²) >= 11 is 0. The van der Waals surface area contributed by atoms with Crippen LogP contribution in [0.4, 0.5) is 43.4 Å². The van der Waals surface area contributed by atoms with Crippen LogP contribution in [0, 0.1) is 0 Å². The standard InChI is InChI=1S/C58H38F6N4/c1-2-36-15-30-54-48(33-36)47-11-5-8-14-53(47)67(54)43-26-20-40(21-27-43)65(39-18-24-42(25-19-39)66-51-12-6-3-9-45(51)46-10-4-7-13-52(46)66)41-22-28-44(29-23-41)68-55-31-16-37(57(59,60)61)34-49(55)50-35-38(58(62,63)64)17-32-56(50)68/h2-3,5-9,11-35H,1,4,10H2. The highest BCUT2D eigenvalue weighted by atomic mass is 19.4. The van der Waals surface area contributed by atoms with Crippen molar-refractivity contribution in [2.75, 3.05) is 4.90 Å². The molecule has 68 heavy (non-hydrogen) atoms. The molecule has 1 aliphatic carbocycles. The molecule has 12 rings (SSSR count). The number of halogens is 6. The van der Waals surface area contributed by atoms with Gasteiger partial charge in [-0.25, -0.2) is 0 Å². The number of nitrogens with zero attached hydrogens (tertiary/aromatic N) is 4. The zero-order chi connectivity index (χ0) is 46.5. The fourth-order valence-electron chi connectivity index (χ4n) is 10.2. The molecule has 1 aliphatic rings. The Morgan fingerprint density at radius 1 is 0.441 bits per heavy atom. The minimum atomic E-state index is -4.68. The summed E-state index contributed by atoms with van der Waals surface area (Å²) in [6.45, 7) is 3.98. The zero-order valence-corrected chi connectivity index (χ0v) is 36.2. The van der Waals surface area contributed by atoms with E-state index in [4.69, 9.17) is 0 Å². The highest BCUT2D eigenvalue weighted by molar-refractivity contribution is 6.11. The molecule has 0 amide bonds. The summed E-state index contributed by atoms with van der Waals surface area (Å²) in [5.41, 5.74) is 10.7. The van der Waals surface area contributed by atoms with Crippen LogP contribution in [0.2, 0.25) is 0 Å². The maximum absolute atomic E-state index is 14.0. The maximum Gasteiger partial charge on any atom is 0.416 e. The first-order valence-electron chi connectivity index (χ1n) is 22.2. The Labute approximate surface area is 386 Å². The number of aryl methyl sites for hydroxylation is 1. The van der Waals surface area contributed by atoms with Gasteiger partial charge >= 0.3 is 12.4 Å². The summed E-state index contributed by atoms with van der Waals surface area (Å²) in [4.78, 5) is 2.14. The van der Waals surface area contributed by atoms with Gasteiger partial charge in [0.2, 0.25) is 0 Å². The number of hydrogen-bond acceptors (Lipinski definition) is 1. The van der Waals surface area contributed by atoms with Crippen LogP contribution in [0.5, 0.6) is 0 Å². The van der Waals surface area contributed by atoms with E-state index in [2.05, 4.69) is 136 Å². The first-order chi connectivity index (χ1) is 32.9. The van der Waals surface area contributed by atoms with Gasteiger partial charge in [0.1, 0.15) is 0 Å². The first-order valence-corrected chi connectivity index (χ1v) is 22.2. The van der Waals surface area contributed by atoms with Crippen molar-refractivity contribution in [3.05, 3.63) is 217 Å². The number of para-hydroxylation sites is 2. The van der Waals surface area contributed by atoms with Crippen molar-refractivity contribution in [3.8, 4) is 17.1 Å². The van der Waals surface area contributed by atoms with Crippen LogP contribution >= 0.6 is 0 Å². The van der Waals surface area contributed by atoms with Gasteiger partial charge in [-0.1, -0.05) is 61.2 Å². The monoisotopic (exact) mass is 904 g/mol. The largest absolute Gasteiger partial charge is 0.416 e. The molecule has 10 heteroatoms. The zero-order valence-electron chi connectivity index (χ0n) is 36.2. The Hall–Kier alpha value is -8.24. The van der Waals surface area contributed by atoms with Gasteiger partial charge in [-0.3, -0.25) is 0 Å². The molecule has 0 aliphatic heterocycles. The van der Waals surface area contributed by atoms with Crippen molar-refractivity contribution < 1.29 is 26.3 Å². The molecule has 0 fully saturated rings. The number of benzene rings is 8. The van der Waals surface area contributed by atoms with Gasteiger partial charge in [-0.2, -0.15) is 26.3 Å². The number of aromatic nitrogens is 3. The minimum absolute atomic E-state index is 0.0726. The second-order valence-corrected chi connectivity index (χ2v) is 17.2. The molecule has 332 valence electrons. The summed E-state index contributed by atoms with van der Waals surface area (Å²) in [5.74, 6) is 0. The highest BCUT2D eigenvalue weighted by Gasteiger charge is 2.33. The van der Waals surface area contributed by atoms with Crippen LogP contribution in [-0.4, -0.2) is 13.7 Å². The van der Waals surface area contributed by atoms with Gasteiger partial charge in [0, 0.05) is 66.7 Å². The fourth-order valence-corrected chi connectivity index (χ4v) is 10.2. The fraction of sp³-hybridized carbons (Fsp3) is 0.0690. The molecule has 0 N–H and O–H groups in total. The average molecular weight is 905 g/mol. The van der Waals surface area contributed by atoms with E-state index in [0.29, 0.717) is 16.7 Å². The third-order valence-corrected chi connectivity index (χ3v) is 13.3. The SMILES string of the molecule is C=Cc1ccc2c(c1)c1ccccc1n2-c1ccc(N(c2ccc(-n3c4c(c5ccccc53)CCC=C4)cc2)c2ccc(-n3c4ccc(C(F)(F)F)cc4c4cc(C(F)(F)F)ccc43)cc2)cc1. The molecule has 0 radical (unpaired) electrons. The number of rotatable bonds is 7. The molecule has 0 saturated heterocycles. The Balaban J connectivity index is 0.994. The average Bonchev–Trinajstić information content (AvgIpc) is 3.99. The summed E-state index contributed by atoms with van der Waals surface area (Å²) in [5, 5.41) is 3.65. The molecule has 0 atom stereocenters. The maximum atomic E-state index is 14.0. The van der Waals surface area contributed by atoms with E-state index in [9.17, 15) is 26.3 Å². The molecule has 8 aromatic carbocycles. The number of alkyl halides is 6. The molecule has 4 nitrogen and oxygen atoms in total. The van der Waals surface area contributed by atoms with E-state index in [-0.39, 0.29) is 10.8 Å². The molecule has 3 aromatic heterocycles.